The van der Waals surface area contributed by atoms with Gasteiger partial charge in [0.05, 0.1) is 0 Å². The van der Waals surface area contributed by atoms with E-state index >= 15 is 0 Å². The van der Waals surface area contributed by atoms with Gasteiger partial charge in [0.15, 0.2) is 0 Å². The number of rotatable bonds is 5. The van der Waals surface area contributed by atoms with Gasteiger partial charge in [0.2, 0.25) is 0 Å². The van der Waals surface area contributed by atoms with Gasteiger partial charge in [0.1, 0.15) is 10.0 Å². The van der Waals surface area contributed by atoms with E-state index in [4.69, 9.17) is 0 Å². The molecule has 1 saturated carbocycles. The van der Waals surface area contributed by atoms with Crippen molar-refractivity contribution in [3.63, 3.8) is 0 Å². The molecule has 0 amide bonds. The summed E-state index contributed by atoms with van der Waals surface area (Å²) in [4.78, 5) is 0. The van der Waals surface area contributed by atoms with Crippen molar-refractivity contribution in [2.45, 2.75) is 71.3 Å². The Labute approximate surface area is 121 Å². The van der Waals surface area contributed by atoms with Gasteiger partial charge in [-0.3, -0.25) is 0 Å². The first kappa shape index (κ1) is 14.9. The summed E-state index contributed by atoms with van der Waals surface area (Å²) in [5.41, 5.74) is 0. The third-order valence-corrected chi connectivity index (χ3v) is 4.85. The van der Waals surface area contributed by atoms with Crippen LogP contribution >= 0.6 is 11.3 Å². The average Bonchev–Trinajstić information content (AvgIpc) is 2.76. The lowest BCUT2D eigenvalue weighted by atomic mass is 9.92. The van der Waals surface area contributed by atoms with Crippen LogP contribution in [0.5, 0.6) is 0 Å². The fourth-order valence-corrected chi connectivity index (χ4v) is 3.66. The highest BCUT2D eigenvalue weighted by atomic mass is 32.1. The summed E-state index contributed by atoms with van der Waals surface area (Å²) >= 11 is 1.82. The van der Waals surface area contributed by atoms with Crippen molar-refractivity contribution in [3.8, 4) is 0 Å². The predicted octanol–water partition coefficient (Wildman–Crippen LogP) is 4.11. The lowest BCUT2D eigenvalue weighted by molar-refractivity contribution is 0.453. The molecule has 1 aliphatic rings. The maximum absolute atomic E-state index is 4.44. The Morgan fingerprint density at radius 3 is 2.47 bits per heavy atom. The number of aromatic nitrogens is 2. The lowest BCUT2D eigenvalue weighted by Crippen LogP contribution is -2.18. The number of hydrogen-bond donors (Lipinski definition) is 1. The molecule has 0 radical (unpaired) electrons. The van der Waals surface area contributed by atoms with Gasteiger partial charge in [-0.1, -0.05) is 57.3 Å². The molecule has 0 spiro atoms. The molecule has 108 valence electrons. The second kappa shape index (κ2) is 7.95. The molecule has 1 heterocycles. The molecule has 19 heavy (non-hydrogen) atoms. The number of nitrogens with zero attached hydrogens (tertiary/aromatic N) is 2. The van der Waals surface area contributed by atoms with E-state index in [-0.39, 0.29) is 0 Å². The molecular formula is C15H27N3S. The van der Waals surface area contributed by atoms with Gasteiger partial charge >= 0.3 is 0 Å². The van der Waals surface area contributed by atoms with Crippen LogP contribution < -0.4 is 5.32 Å². The monoisotopic (exact) mass is 281 g/mol. The van der Waals surface area contributed by atoms with Gasteiger partial charge in [-0.25, -0.2) is 0 Å². The number of hydrogen-bond acceptors (Lipinski definition) is 4. The van der Waals surface area contributed by atoms with E-state index < -0.39 is 0 Å². The SMILES string of the molecule is CC(C)CNCc1nnc(C2CCCCCCC2)s1. The van der Waals surface area contributed by atoms with Crippen LogP contribution in [0.1, 0.15) is 74.7 Å². The summed E-state index contributed by atoms with van der Waals surface area (Å²) in [6.07, 6.45) is 9.59. The van der Waals surface area contributed by atoms with Crippen LogP contribution in [0, 0.1) is 5.92 Å². The Balaban J connectivity index is 1.84. The van der Waals surface area contributed by atoms with Gasteiger partial charge < -0.3 is 5.32 Å². The molecule has 0 unspecified atom stereocenters. The van der Waals surface area contributed by atoms with Crippen molar-refractivity contribution in [1.82, 2.24) is 15.5 Å². The van der Waals surface area contributed by atoms with Crippen molar-refractivity contribution in [2.24, 2.45) is 5.92 Å². The summed E-state index contributed by atoms with van der Waals surface area (Å²) in [5.74, 6) is 1.37. The van der Waals surface area contributed by atoms with Crippen LogP contribution in [-0.2, 0) is 6.54 Å². The minimum Gasteiger partial charge on any atom is -0.310 e. The van der Waals surface area contributed by atoms with Gasteiger partial charge in [-0.15, -0.1) is 10.2 Å². The topological polar surface area (TPSA) is 37.8 Å². The molecule has 1 aromatic rings. The van der Waals surface area contributed by atoms with Gasteiger partial charge in [-0.2, -0.15) is 0 Å². The minimum atomic E-state index is 0.677. The fourth-order valence-electron chi connectivity index (χ4n) is 2.67. The first-order valence-electron chi connectivity index (χ1n) is 7.78. The van der Waals surface area contributed by atoms with E-state index in [1.807, 2.05) is 11.3 Å². The van der Waals surface area contributed by atoms with Crippen LogP contribution in [0.4, 0.5) is 0 Å². The van der Waals surface area contributed by atoms with E-state index in [1.165, 1.54) is 50.0 Å². The fraction of sp³-hybridized carbons (Fsp3) is 0.867. The smallest absolute Gasteiger partial charge is 0.131 e. The normalized spacial score (nSPS) is 18.5. The largest absolute Gasteiger partial charge is 0.310 e. The summed E-state index contributed by atoms with van der Waals surface area (Å²) in [7, 11) is 0. The van der Waals surface area contributed by atoms with E-state index in [0.717, 1.165) is 18.1 Å². The Kier molecular flexibility index (Phi) is 6.24. The maximum Gasteiger partial charge on any atom is 0.131 e. The van der Waals surface area contributed by atoms with Gasteiger partial charge in [0, 0.05) is 12.5 Å². The van der Waals surface area contributed by atoms with Crippen LogP contribution in [0.2, 0.25) is 0 Å². The van der Waals surface area contributed by atoms with Gasteiger partial charge in [0.25, 0.3) is 0 Å². The molecule has 0 bridgehead atoms. The molecule has 1 N–H and O–H groups in total. The van der Waals surface area contributed by atoms with Crippen molar-refractivity contribution in [2.75, 3.05) is 6.54 Å². The third kappa shape index (κ3) is 5.19. The second-order valence-electron chi connectivity index (χ2n) is 6.10. The third-order valence-electron chi connectivity index (χ3n) is 3.77. The highest BCUT2D eigenvalue weighted by molar-refractivity contribution is 7.11. The Morgan fingerprint density at radius 2 is 1.79 bits per heavy atom. The molecule has 4 heteroatoms. The zero-order chi connectivity index (χ0) is 13.5. The Bertz CT molecular complexity index is 354. The van der Waals surface area contributed by atoms with Crippen LogP contribution in [0.3, 0.4) is 0 Å². The second-order valence-corrected chi connectivity index (χ2v) is 7.19. The summed E-state index contributed by atoms with van der Waals surface area (Å²) in [5, 5.41) is 14.7. The molecule has 1 fully saturated rings. The highest BCUT2D eigenvalue weighted by Gasteiger charge is 2.17. The summed E-state index contributed by atoms with van der Waals surface area (Å²) in [6, 6.07) is 0. The molecule has 0 aromatic carbocycles. The van der Waals surface area contributed by atoms with Crippen molar-refractivity contribution < 1.29 is 0 Å². The minimum absolute atomic E-state index is 0.677. The van der Waals surface area contributed by atoms with E-state index in [9.17, 15) is 0 Å². The zero-order valence-electron chi connectivity index (χ0n) is 12.3. The van der Waals surface area contributed by atoms with Crippen molar-refractivity contribution in [3.05, 3.63) is 10.0 Å². The highest BCUT2D eigenvalue weighted by Crippen LogP contribution is 2.32. The molecule has 1 aliphatic carbocycles. The Morgan fingerprint density at radius 1 is 1.11 bits per heavy atom. The summed E-state index contributed by atoms with van der Waals surface area (Å²) in [6.45, 7) is 6.39. The lowest BCUT2D eigenvalue weighted by Gasteiger charge is -2.16. The average molecular weight is 281 g/mol. The van der Waals surface area contributed by atoms with Gasteiger partial charge in [-0.05, 0) is 25.3 Å². The summed E-state index contributed by atoms with van der Waals surface area (Å²) < 4.78 is 0. The molecule has 0 atom stereocenters. The molecular weight excluding hydrogens is 254 g/mol. The molecule has 3 nitrogen and oxygen atoms in total. The number of nitrogens with one attached hydrogen (secondary N) is 1. The zero-order valence-corrected chi connectivity index (χ0v) is 13.1. The van der Waals surface area contributed by atoms with E-state index in [1.54, 1.807) is 0 Å². The molecule has 0 saturated heterocycles. The predicted molar refractivity (Wildman–Crippen MR) is 81.5 cm³/mol. The first-order chi connectivity index (χ1) is 9.25. The van der Waals surface area contributed by atoms with E-state index in [0.29, 0.717) is 11.8 Å². The van der Waals surface area contributed by atoms with Crippen LogP contribution in [0.15, 0.2) is 0 Å². The van der Waals surface area contributed by atoms with Crippen molar-refractivity contribution >= 4 is 11.3 Å². The standard InChI is InChI=1S/C15H27N3S/c1-12(2)10-16-11-14-17-18-15(19-14)13-8-6-4-3-5-7-9-13/h12-13,16H,3-11H2,1-2H3. The molecule has 0 aliphatic heterocycles. The van der Waals surface area contributed by atoms with Crippen LogP contribution in [-0.4, -0.2) is 16.7 Å². The van der Waals surface area contributed by atoms with Crippen molar-refractivity contribution in [1.29, 1.82) is 0 Å². The molecule has 2 rings (SSSR count). The van der Waals surface area contributed by atoms with Crippen LogP contribution in [0.25, 0.3) is 0 Å². The quantitative estimate of drug-likeness (QED) is 0.882. The van der Waals surface area contributed by atoms with E-state index in [2.05, 4.69) is 29.4 Å². The molecule has 1 aromatic heterocycles. The maximum atomic E-state index is 4.44. The first-order valence-corrected chi connectivity index (χ1v) is 8.60. The Hall–Kier alpha value is -0.480.